The number of ether oxygens (including phenoxy) is 1. The molecule has 0 unspecified atom stereocenters. The van der Waals surface area contributed by atoms with Gasteiger partial charge in [-0.1, -0.05) is 23.8 Å². The maximum absolute atomic E-state index is 12.5. The number of benzene rings is 2. The third-order valence-corrected chi connectivity index (χ3v) is 3.13. The quantitative estimate of drug-likeness (QED) is 0.677. The van der Waals surface area contributed by atoms with Gasteiger partial charge in [-0.25, -0.2) is 0 Å². The van der Waals surface area contributed by atoms with E-state index in [9.17, 15) is 4.79 Å². The third kappa shape index (κ3) is 2.60. The number of carbonyl (C=O) groups excluding carboxylic acids is 1. The fraction of sp³-hybridized carbons (Fsp3) is 0.188. The first-order valence-corrected chi connectivity index (χ1v) is 6.08. The highest BCUT2D eigenvalue weighted by atomic mass is 16.5. The zero-order valence-electron chi connectivity index (χ0n) is 11.4. The molecule has 98 valence electrons. The maximum Gasteiger partial charge on any atom is 0.195 e. The second-order valence-electron chi connectivity index (χ2n) is 4.60. The molecule has 0 saturated carbocycles. The first-order valence-electron chi connectivity index (χ1n) is 6.08. The summed E-state index contributed by atoms with van der Waals surface area (Å²) in [5.74, 6) is 0.590. The molecule has 3 heteroatoms. The lowest BCUT2D eigenvalue weighted by atomic mass is 9.96. The predicted octanol–water partition coefficient (Wildman–Crippen LogP) is 3.13. The molecule has 0 spiro atoms. The Kier molecular flexibility index (Phi) is 3.56. The number of methoxy groups -OCH3 is 1. The van der Waals surface area contributed by atoms with Crippen LogP contribution < -0.4 is 10.5 Å². The van der Waals surface area contributed by atoms with E-state index >= 15 is 0 Å². The van der Waals surface area contributed by atoms with Gasteiger partial charge in [0.15, 0.2) is 5.78 Å². The van der Waals surface area contributed by atoms with Crippen LogP contribution >= 0.6 is 0 Å². The molecule has 0 atom stereocenters. The molecule has 0 aliphatic carbocycles. The maximum atomic E-state index is 12.5. The number of nitrogens with two attached hydrogens (primary N) is 1. The minimum Gasteiger partial charge on any atom is -0.497 e. The summed E-state index contributed by atoms with van der Waals surface area (Å²) in [6, 6.07) is 10.9. The highest BCUT2D eigenvalue weighted by Crippen LogP contribution is 2.23. The average molecular weight is 255 g/mol. The van der Waals surface area contributed by atoms with Crippen LogP contribution in [0.2, 0.25) is 0 Å². The van der Waals surface area contributed by atoms with E-state index < -0.39 is 0 Å². The highest BCUT2D eigenvalue weighted by molar-refractivity contribution is 6.13. The highest BCUT2D eigenvalue weighted by Gasteiger charge is 2.15. The second-order valence-corrected chi connectivity index (χ2v) is 4.60. The molecule has 0 fully saturated rings. The summed E-state index contributed by atoms with van der Waals surface area (Å²) in [6.07, 6.45) is 0. The average Bonchev–Trinajstić information content (AvgIpc) is 2.37. The van der Waals surface area contributed by atoms with Crippen LogP contribution in [0.1, 0.15) is 27.0 Å². The van der Waals surface area contributed by atoms with Gasteiger partial charge in [0.25, 0.3) is 0 Å². The van der Waals surface area contributed by atoms with Crippen LogP contribution in [0.5, 0.6) is 5.75 Å². The number of ketones is 1. The van der Waals surface area contributed by atoms with Crippen LogP contribution in [0, 0.1) is 13.8 Å². The molecule has 19 heavy (non-hydrogen) atoms. The Labute approximate surface area is 113 Å². The van der Waals surface area contributed by atoms with Gasteiger partial charge in [0.05, 0.1) is 7.11 Å². The number of rotatable bonds is 3. The zero-order valence-corrected chi connectivity index (χ0v) is 11.4. The summed E-state index contributed by atoms with van der Waals surface area (Å²) in [7, 11) is 1.57. The molecule has 3 nitrogen and oxygen atoms in total. The first kappa shape index (κ1) is 13.1. The van der Waals surface area contributed by atoms with Gasteiger partial charge < -0.3 is 10.5 Å². The Hall–Kier alpha value is -2.29. The van der Waals surface area contributed by atoms with Crippen molar-refractivity contribution in [3.63, 3.8) is 0 Å². The number of hydrogen-bond acceptors (Lipinski definition) is 3. The van der Waals surface area contributed by atoms with Gasteiger partial charge in [0, 0.05) is 22.9 Å². The largest absolute Gasteiger partial charge is 0.497 e. The molecule has 2 N–H and O–H groups in total. The van der Waals surface area contributed by atoms with E-state index in [1.54, 1.807) is 25.3 Å². The molecule has 0 radical (unpaired) electrons. The third-order valence-electron chi connectivity index (χ3n) is 3.13. The van der Waals surface area contributed by atoms with E-state index in [0.717, 1.165) is 11.1 Å². The van der Waals surface area contributed by atoms with E-state index in [1.165, 1.54) is 0 Å². The van der Waals surface area contributed by atoms with Gasteiger partial charge in [-0.05, 0) is 31.5 Å². The van der Waals surface area contributed by atoms with Gasteiger partial charge in [0.2, 0.25) is 0 Å². The van der Waals surface area contributed by atoms with Crippen LogP contribution in [0.25, 0.3) is 0 Å². The van der Waals surface area contributed by atoms with Gasteiger partial charge in [0.1, 0.15) is 5.75 Å². The standard InChI is InChI=1S/C16H17NO2/c1-10-4-6-13(11(2)8-10)16(18)14-7-5-12(19-3)9-15(14)17/h4-9H,17H2,1-3H3. The molecule has 2 rings (SSSR count). The lowest BCUT2D eigenvalue weighted by molar-refractivity contribution is 0.103. The number of nitrogen functional groups attached to an aromatic ring is 1. The molecule has 0 saturated heterocycles. The van der Waals surface area contributed by atoms with Crippen molar-refractivity contribution in [2.75, 3.05) is 12.8 Å². The molecule has 2 aromatic carbocycles. The van der Waals surface area contributed by atoms with Gasteiger partial charge in [-0.15, -0.1) is 0 Å². The summed E-state index contributed by atoms with van der Waals surface area (Å²) < 4.78 is 5.08. The topological polar surface area (TPSA) is 52.3 Å². The summed E-state index contributed by atoms with van der Waals surface area (Å²) in [5, 5.41) is 0. The Morgan fingerprint density at radius 3 is 2.32 bits per heavy atom. The van der Waals surface area contributed by atoms with E-state index in [-0.39, 0.29) is 5.78 Å². The van der Waals surface area contributed by atoms with E-state index in [0.29, 0.717) is 22.6 Å². The van der Waals surface area contributed by atoms with Crippen molar-refractivity contribution < 1.29 is 9.53 Å². The number of anilines is 1. The molecule has 0 aliphatic heterocycles. The fourth-order valence-electron chi connectivity index (χ4n) is 2.09. The van der Waals surface area contributed by atoms with Crippen molar-refractivity contribution in [3.05, 3.63) is 58.7 Å². The van der Waals surface area contributed by atoms with Crippen LogP contribution in [0.4, 0.5) is 5.69 Å². The van der Waals surface area contributed by atoms with Crippen LogP contribution in [-0.4, -0.2) is 12.9 Å². The molecular formula is C16H17NO2. The fourth-order valence-corrected chi connectivity index (χ4v) is 2.09. The summed E-state index contributed by atoms with van der Waals surface area (Å²) in [6.45, 7) is 3.93. The first-order chi connectivity index (χ1) is 9.02. The number of hydrogen-bond donors (Lipinski definition) is 1. The van der Waals surface area contributed by atoms with Gasteiger partial charge in [-0.2, -0.15) is 0 Å². The van der Waals surface area contributed by atoms with Crippen molar-refractivity contribution in [2.45, 2.75) is 13.8 Å². The number of aryl methyl sites for hydroxylation is 2. The second kappa shape index (κ2) is 5.14. The molecule has 0 heterocycles. The molecule has 0 aliphatic rings. The SMILES string of the molecule is COc1ccc(C(=O)c2ccc(C)cc2C)c(N)c1. The Bertz CT molecular complexity index is 633. The number of carbonyl (C=O) groups is 1. The van der Waals surface area contributed by atoms with E-state index in [4.69, 9.17) is 10.5 Å². The monoisotopic (exact) mass is 255 g/mol. The van der Waals surface area contributed by atoms with E-state index in [2.05, 4.69) is 0 Å². The van der Waals surface area contributed by atoms with Crippen LogP contribution in [0.15, 0.2) is 36.4 Å². The van der Waals surface area contributed by atoms with Crippen LogP contribution in [-0.2, 0) is 0 Å². The summed E-state index contributed by atoms with van der Waals surface area (Å²) in [5.41, 5.74) is 9.63. The summed E-state index contributed by atoms with van der Waals surface area (Å²) >= 11 is 0. The van der Waals surface area contributed by atoms with Crippen molar-refractivity contribution in [1.29, 1.82) is 0 Å². The lowest BCUT2D eigenvalue weighted by Crippen LogP contribution is -2.07. The van der Waals surface area contributed by atoms with Crippen molar-refractivity contribution in [3.8, 4) is 5.75 Å². The zero-order chi connectivity index (χ0) is 14.0. The summed E-state index contributed by atoms with van der Waals surface area (Å²) in [4.78, 5) is 12.5. The molecular weight excluding hydrogens is 238 g/mol. The van der Waals surface area contributed by atoms with E-state index in [1.807, 2.05) is 32.0 Å². The minimum absolute atomic E-state index is 0.0577. The Morgan fingerprint density at radius 1 is 1.05 bits per heavy atom. The van der Waals surface area contributed by atoms with Crippen molar-refractivity contribution >= 4 is 11.5 Å². The molecule has 2 aromatic rings. The van der Waals surface area contributed by atoms with Crippen molar-refractivity contribution in [1.82, 2.24) is 0 Å². The van der Waals surface area contributed by atoms with Crippen LogP contribution in [0.3, 0.4) is 0 Å². The normalized spacial score (nSPS) is 10.3. The van der Waals surface area contributed by atoms with Crippen molar-refractivity contribution in [2.24, 2.45) is 0 Å². The van der Waals surface area contributed by atoms with Gasteiger partial charge >= 0.3 is 0 Å². The molecule has 0 bridgehead atoms. The minimum atomic E-state index is -0.0577. The Morgan fingerprint density at radius 2 is 1.74 bits per heavy atom. The molecule has 0 amide bonds. The van der Waals surface area contributed by atoms with Gasteiger partial charge in [-0.3, -0.25) is 4.79 Å². The lowest BCUT2D eigenvalue weighted by Gasteiger charge is -2.09. The Balaban J connectivity index is 2.44. The molecule has 0 aromatic heterocycles. The predicted molar refractivity (Wildman–Crippen MR) is 76.8 cm³/mol. The smallest absolute Gasteiger partial charge is 0.195 e.